The zero-order valence-corrected chi connectivity index (χ0v) is 10.1. The third-order valence-electron chi connectivity index (χ3n) is 2.92. The van der Waals surface area contributed by atoms with E-state index in [2.05, 4.69) is 5.32 Å². The number of ether oxygens (including phenoxy) is 1. The number of carbonyl (C=O) groups is 1. The lowest BCUT2D eigenvalue weighted by atomic mass is 10.1. The molecule has 1 aromatic rings. The summed E-state index contributed by atoms with van der Waals surface area (Å²) >= 11 is 0. The topological polar surface area (TPSA) is 81.5 Å². The largest absolute Gasteiger partial charge is 0.376 e. The number of nitrogens with one attached hydrogen (secondary N) is 1. The Morgan fingerprint density at radius 3 is 3.00 bits per heavy atom. The van der Waals surface area contributed by atoms with Crippen molar-refractivity contribution in [3.05, 3.63) is 39.7 Å². The molecule has 1 saturated heterocycles. The van der Waals surface area contributed by atoms with E-state index in [-0.39, 0.29) is 23.9 Å². The number of non-ortho nitro benzene ring substituents is 1. The zero-order valence-electron chi connectivity index (χ0n) is 10.1. The third kappa shape index (κ3) is 3.25. The Morgan fingerprint density at radius 1 is 1.58 bits per heavy atom. The Morgan fingerprint density at radius 2 is 2.37 bits per heavy atom. The highest BCUT2D eigenvalue weighted by atomic mass is 19.1. The van der Waals surface area contributed by atoms with Crippen LogP contribution in [0.3, 0.4) is 0 Å². The highest BCUT2D eigenvalue weighted by Gasteiger charge is 2.20. The molecule has 102 valence electrons. The van der Waals surface area contributed by atoms with Crippen LogP contribution in [0.15, 0.2) is 18.2 Å². The van der Waals surface area contributed by atoms with E-state index in [1.54, 1.807) is 0 Å². The van der Waals surface area contributed by atoms with E-state index in [1.165, 1.54) is 0 Å². The second-order valence-electron chi connectivity index (χ2n) is 4.27. The number of nitrogens with zero attached hydrogens (tertiary/aromatic N) is 1. The van der Waals surface area contributed by atoms with Gasteiger partial charge in [0.2, 0.25) is 0 Å². The summed E-state index contributed by atoms with van der Waals surface area (Å²) in [4.78, 5) is 21.7. The van der Waals surface area contributed by atoms with Crippen molar-refractivity contribution < 1.29 is 18.8 Å². The summed E-state index contributed by atoms with van der Waals surface area (Å²) in [6.07, 6.45) is 1.72. The van der Waals surface area contributed by atoms with Gasteiger partial charge in [-0.2, -0.15) is 0 Å². The molecule has 0 saturated carbocycles. The summed E-state index contributed by atoms with van der Waals surface area (Å²) < 4.78 is 18.8. The summed E-state index contributed by atoms with van der Waals surface area (Å²) in [5.74, 6) is -1.45. The lowest BCUT2D eigenvalue weighted by molar-refractivity contribution is -0.384. The standard InChI is InChI=1S/C12H13FN2O4/c13-11-4-3-8(15(17)18)6-10(11)12(16)14-7-9-2-1-5-19-9/h3-4,6,9H,1-2,5,7H2,(H,14,16). The molecule has 7 heteroatoms. The smallest absolute Gasteiger partial charge is 0.270 e. The second kappa shape index (κ2) is 5.75. The summed E-state index contributed by atoms with van der Waals surface area (Å²) in [6.45, 7) is 0.937. The predicted octanol–water partition coefficient (Wildman–Crippen LogP) is 1.64. The second-order valence-corrected chi connectivity index (χ2v) is 4.27. The summed E-state index contributed by atoms with van der Waals surface area (Å²) in [5, 5.41) is 13.1. The number of nitro benzene ring substituents is 1. The molecule has 1 aliphatic heterocycles. The minimum atomic E-state index is -0.782. The minimum Gasteiger partial charge on any atom is -0.376 e. The number of carbonyl (C=O) groups excluding carboxylic acids is 1. The van der Waals surface area contributed by atoms with Crippen molar-refractivity contribution in [2.45, 2.75) is 18.9 Å². The van der Waals surface area contributed by atoms with Crippen LogP contribution in [0.4, 0.5) is 10.1 Å². The van der Waals surface area contributed by atoms with Gasteiger partial charge in [0.15, 0.2) is 0 Å². The first-order chi connectivity index (χ1) is 9.08. The van der Waals surface area contributed by atoms with Crippen molar-refractivity contribution in [3.8, 4) is 0 Å². The molecule has 1 atom stereocenters. The fourth-order valence-corrected chi connectivity index (χ4v) is 1.91. The SMILES string of the molecule is O=C(NCC1CCCO1)c1cc([N+](=O)[O-])ccc1F. The van der Waals surface area contributed by atoms with Gasteiger partial charge in [-0.15, -0.1) is 0 Å². The molecule has 0 aromatic heterocycles. The molecule has 0 spiro atoms. The van der Waals surface area contributed by atoms with Gasteiger partial charge in [0.1, 0.15) is 5.82 Å². The van der Waals surface area contributed by atoms with E-state index in [0.29, 0.717) is 6.61 Å². The minimum absolute atomic E-state index is 0.0642. The Labute approximate surface area is 108 Å². The molecule has 1 amide bonds. The molecule has 1 heterocycles. The number of hydrogen-bond donors (Lipinski definition) is 1. The lowest BCUT2D eigenvalue weighted by Crippen LogP contribution is -2.32. The number of nitro groups is 1. The van der Waals surface area contributed by atoms with Crippen LogP contribution in [0.2, 0.25) is 0 Å². The van der Waals surface area contributed by atoms with E-state index in [1.807, 2.05) is 0 Å². The first-order valence-corrected chi connectivity index (χ1v) is 5.91. The van der Waals surface area contributed by atoms with Crippen molar-refractivity contribution in [1.29, 1.82) is 0 Å². The molecule has 2 rings (SSSR count). The van der Waals surface area contributed by atoms with Gasteiger partial charge in [-0.05, 0) is 18.9 Å². The van der Waals surface area contributed by atoms with Crippen molar-refractivity contribution >= 4 is 11.6 Å². The average Bonchev–Trinajstić information content (AvgIpc) is 2.89. The Hall–Kier alpha value is -2.02. The van der Waals surface area contributed by atoms with Gasteiger partial charge in [0.05, 0.1) is 16.6 Å². The monoisotopic (exact) mass is 268 g/mol. The first kappa shape index (κ1) is 13.4. The Kier molecular flexibility index (Phi) is 4.06. The van der Waals surface area contributed by atoms with Crippen molar-refractivity contribution in [1.82, 2.24) is 5.32 Å². The van der Waals surface area contributed by atoms with Gasteiger partial charge in [-0.3, -0.25) is 14.9 Å². The maximum Gasteiger partial charge on any atom is 0.270 e. The molecule has 19 heavy (non-hydrogen) atoms. The maximum atomic E-state index is 13.5. The summed E-state index contributed by atoms with van der Waals surface area (Å²) in [5.41, 5.74) is -0.643. The van der Waals surface area contributed by atoms with Crippen LogP contribution in [0.25, 0.3) is 0 Å². The number of hydrogen-bond acceptors (Lipinski definition) is 4. The number of rotatable bonds is 4. The number of amides is 1. The predicted molar refractivity (Wildman–Crippen MR) is 64.4 cm³/mol. The Bertz CT molecular complexity index is 501. The molecule has 1 N–H and O–H groups in total. The fraction of sp³-hybridized carbons (Fsp3) is 0.417. The summed E-state index contributed by atoms with van der Waals surface area (Å²) in [6, 6.07) is 2.87. The quantitative estimate of drug-likeness (QED) is 0.665. The zero-order chi connectivity index (χ0) is 13.8. The molecule has 1 aromatic carbocycles. The van der Waals surface area contributed by atoms with Gasteiger partial charge in [-0.1, -0.05) is 0 Å². The normalized spacial score (nSPS) is 18.3. The van der Waals surface area contributed by atoms with E-state index in [0.717, 1.165) is 31.0 Å². The third-order valence-corrected chi connectivity index (χ3v) is 2.92. The van der Waals surface area contributed by atoms with Crippen LogP contribution in [-0.4, -0.2) is 30.1 Å². The lowest BCUT2D eigenvalue weighted by Gasteiger charge is -2.11. The molecule has 1 fully saturated rings. The van der Waals surface area contributed by atoms with Crippen LogP contribution in [0.1, 0.15) is 23.2 Å². The fourth-order valence-electron chi connectivity index (χ4n) is 1.91. The van der Waals surface area contributed by atoms with Crippen LogP contribution < -0.4 is 5.32 Å². The van der Waals surface area contributed by atoms with Gasteiger partial charge in [0, 0.05) is 25.3 Å². The molecule has 0 radical (unpaired) electrons. The van der Waals surface area contributed by atoms with Crippen LogP contribution in [0, 0.1) is 15.9 Å². The van der Waals surface area contributed by atoms with Crippen molar-refractivity contribution in [3.63, 3.8) is 0 Å². The molecular weight excluding hydrogens is 255 g/mol. The highest BCUT2D eigenvalue weighted by Crippen LogP contribution is 2.17. The van der Waals surface area contributed by atoms with Crippen molar-refractivity contribution in [2.24, 2.45) is 0 Å². The van der Waals surface area contributed by atoms with Crippen molar-refractivity contribution in [2.75, 3.05) is 13.2 Å². The molecule has 0 aliphatic carbocycles. The highest BCUT2D eigenvalue weighted by molar-refractivity contribution is 5.95. The first-order valence-electron chi connectivity index (χ1n) is 5.91. The van der Waals surface area contributed by atoms with Crippen LogP contribution in [0.5, 0.6) is 0 Å². The molecule has 0 bridgehead atoms. The molecular formula is C12H13FN2O4. The number of halogens is 1. The van der Waals surface area contributed by atoms with E-state index >= 15 is 0 Å². The van der Waals surface area contributed by atoms with Gasteiger partial charge in [-0.25, -0.2) is 4.39 Å². The molecule has 1 aliphatic rings. The molecule has 6 nitrogen and oxygen atoms in total. The van der Waals surface area contributed by atoms with E-state index in [9.17, 15) is 19.3 Å². The molecule has 1 unspecified atom stereocenters. The number of benzene rings is 1. The van der Waals surface area contributed by atoms with E-state index in [4.69, 9.17) is 4.74 Å². The Balaban J connectivity index is 2.04. The van der Waals surface area contributed by atoms with Gasteiger partial charge >= 0.3 is 0 Å². The van der Waals surface area contributed by atoms with Crippen LogP contribution in [-0.2, 0) is 4.74 Å². The van der Waals surface area contributed by atoms with Crippen LogP contribution >= 0.6 is 0 Å². The average molecular weight is 268 g/mol. The maximum absolute atomic E-state index is 13.5. The van der Waals surface area contributed by atoms with Gasteiger partial charge < -0.3 is 10.1 Å². The van der Waals surface area contributed by atoms with E-state index < -0.39 is 16.6 Å². The summed E-state index contributed by atoms with van der Waals surface area (Å²) in [7, 11) is 0. The van der Waals surface area contributed by atoms with Gasteiger partial charge in [0.25, 0.3) is 11.6 Å².